The average Bonchev–Trinajstić information content (AvgIpc) is 3.22. The fourth-order valence-corrected chi connectivity index (χ4v) is 4.13. The molecular formula is C18H18N2O3S2. The largest absolute Gasteiger partial charge is 0.452 e. The molecular weight excluding hydrogens is 356 g/mol. The highest BCUT2D eigenvalue weighted by atomic mass is 32.1. The first-order valence-electron chi connectivity index (χ1n) is 7.84. The number of hydrogen-bond donors (Lipinski definition) is 0. The molecule has 130 valence electrons. The van der Waals surface area contributed by atoms with Crippen LogP contribution in [0.2, 0.25) is 0 Å². The van der Waals surface area contributed by atoms with Crippen LogP contribution in [0.3, 0.4) is 0 Å². The summed E-state index contributed by atoms with van der Waals surface area (Å²) in [4.78, 5) is 31.3. The molecule has 1 amide bonds. The summed E-state index contributed by atoms with van der Waals surface area (Å²) in [5.41, 5.74) is 0.929. The standard InChI is InChI=1S/C18H18N2O3S2/c1-12(23-17(21)10-13-6-5-9-24-13)18(22)20(2)11-16-19-14-7-3-4-8-15(14)25-16/h3-9,12H,10-11H2,1-2H3/t12-/m1/s1. The van der Waals surface area contributed by atoms with Gasteiger partial charge in [-0.15, -0.1) is 22.7 Å². The van der Waals surface area contributed by atoms with E-state index in [1.54, 1.807) is 30.2 Å². The van der Waals surface area contributed by atoms with Gasteiger partial charge < -0.3 is 9.64 Å². The van der Waals surface area contributed by atoms with Gasteiger partial charge in [0.2, 0.25) is 0 Å². The normalized spacial score (nSPS) is 12.1. The van der Waals surface area contributed by atoms with Gasteiger partial charge in [0.05, 0.1) is 23.2 Å². The van der Waals surface area contributed by atoms with Gasteiger partial charge in [-0.1, -0.05) is 18.2 Å². The molecule has 0 bridgehead atoms. The molecule has 0 unspecified atom stereocenters. The van der Waals surface area contributed by atoms with Crippen LogP contribution >= 0.6 is 22.7 Å². The average molecular weight is 374 g/mol. The molecule has 3 aromatic rings. The van der Waals surface area contributed by atoms with Crippen molar-refractivity contribution >= 4 is 44.8 Å². The highest BCUT2D eigenvalue weighted by Gasteiger charge is 2.22. The van der Waals surface area contributed by atoms with Crippen molar-refractivity contribution in [2.75, 3.05) is 7.05 Å². The van der Waals surface area contributed by atoms with Gasteiger partial charge in [0, 0.05) is 11.9 Å². The lowest BCUT2D eigenvalue weighted by molar-refractivity contribution is -0.158. The summed E-state index contributed by atoms with van der Waals surface area (Å²) in [6, 6.07) is 11.6. The van der Waals surface area contributed by atoms with Crippen LogP contribution in [0.15, 0.2) is 41.8 Å². The summed E-state index contributed by atoms with van der Waals surface area (Å²) >= 11 is 3.05. The number of ether oxygens (including phenoxy) is 1. The summed E-state index contributed by atoms with van der Waals surface area (Å²) in [7, 11) is 1.69. The van der Waals surface area contributed by atoms with E-state index < -0.39 is 12.1 Å². The van der Waals surface area contributed by atoms with Gasteiger partial charge in [0.1, 0.15) is 5.01 Å². The van der Waals surface area contributed by atoms with Crippen LogP contribution in [0.5, 0.6) is 0 Å². The number of nitrogens with zero attached hydrogens (tertiary/aromatic N) is 2. The van der Waals surface area contributed by atoms with Gasteiger partial charge in [0.25, 0.3) is 5.91 Å². The third-order valence-electron chi connectivity index (χ3n) is 3.64. The van der Waals surface area contributed by atoms with E-state index in [4.69, 9.17) is 4.74 Å². The Morgan fingerprint density at radius 1 is 1.24 bits per heavy atom. The molecule has 1 aromatic carbocycles. The predicted octanol–water partition coefficient (Wildman–Crippen LogP) is 3.49. The number of carbonyl (C=O) groups excluding carboxylic acids is 2. The zero-order valence-electron chi connectivity index (χ0n) is 14.0. The third kappa shape index (κ3) is 4.43. The first-order chi connectivity index (χ1) is 12.0. The molecule has 0 aliphatic rings. The van der Waals surface area contributed by atoms with Gasteiger partial charge >= 0.3 is 5.97 Å². The topological polar surface area (TPSA) is 59.5 Å². The zero-order valence-corrected chi connectivity index (χ0v) is 15.6. The second-order valence-electron chi connectivity index (χ2n) is 5.66. The van der Waals surface area contributed by atoms with Crippen molar-refractivity contribution in [3.8, 4) is 0 Å². The molecule has 0 spiro atoms. The predicted molar refractivity (Wildman–Crippen MR) is 99.7 cm³/mol. The number of para-hydroxylation sites is 1. The highest BCUT2D eigenvalue weighted by Crippen LogP contribution is 2.22. The monoisotopic (exact) mass is 374 g/mol. The fraction of sp³-hybridized carbons (Fsp3) is 0.278. The van der Waals surface area contributed by atoms with Crippen molar-refractivity contribution in [2.24, 2.45) is 0 Å². The first-order valence-corrected chi connectivity index (χ1v) is 9.54. The number of thiophene rings is 1. The number of thiazole rings is 1. The number of fused-ring (bicyclic) bond motifs is 1. The summed E-state index contributed by atoms with van der Waals surface area (Å²) in [5, 5.41) is 2.76. The molecule has 7 heteroatoms. The van der Waals surface area contributed by atoms with Gasteiger partial charge in [-0.2, -0.15) is 0 Å². The molecule has 0 aliphatic carbocycles. The number of amides is 1. The van der Waals surface area contributed by atoms with Crippen molar-refractivity contribution in [3.05, 3.63) is 51.7 Å². The maximum absolute atomic E-state index is 12.4. The Hall–Kier alpha value is -2.25. The molecule has 0 radical (unpaired) electrons. The minimum absolute atomic E-state index is 0.191. The first kappa shape index (κ1) is 17.6. The molecule has 0 N–H and O–H groups in total. The number of rotatable bonds is 6. The number of hydrogen-bond acceptors (Lipinski definition) is 6. The van der Waals surface area contributed by atoms with Crippen LogP contribution in [-0.4, -0.2) is 34.9 Å². The quantitative estimate of drug-likeness (QED) is 0.620. The summed E-state index contributed by atoms with van der Waals surface area (Å²) in [6.07, 6.45) is -0.622. The zero-order chi connectivity index (χ0) is 17.8. The second-order valence-corrected chi connectivity index (χ2v) is 7.81. The van der Waals surface area contributed by atoms with E-state index in [2.05, 4.69) is 4.98 Å². The van der Waals surface area contributed by atoms with Crippen molar-refractivity contribution < 1.29 is 14.3 Å². The Bertz CT molecular complexity index is 840. The van der Waals surface area contributed by atoms with Crippen LogP contribution in [0, 0.1) is 0 Å². The lowest BCUT2D eigenvalue weighted by Gasteiger charge is -2.20. The Balaban J connectivity index is 1.56. The van der Waals surface area contributed by atoms with E-state index in [9.17, 15) is 9.59 Å². The van der Waals surface area contributed by atoms with Gasteiger partial charge in [-0.05, 0) is 30.5 Å². The van der Waals surface area contributed by atoms with Crippen molar-refractivity contribution in [1.29, 1.82) is 0 Å². The maximum atomic E-state index is 12.4. The Morgan fingerprint density at radius 2 is 2.04 bits per heavy atom. The molecule has 5 nitrogen and oxygen atoms in total. The molecule has 25 heavy (non-hydrogen) atoms. The minimum Gasteiger partial charge on any atom is -0.452 e. The van der Waals surface area contributed by atoms with Gasteiger partial charge in [-0.3, -0.25) is 9.59 Å². The molecule has 3 rings (SSSR count). The minimum atomic E-state index is -0.813. The molecule has 0 fully saturated rings. The van der Waals surface area contributed by atoms with E-state index in [-0.39, 0.29) is 12.3 Å². The lowest BCUT2D eigenvalue weighted by atomic mass is 10.3. The number of carbonyl (C=O) groups is 2. The van der Waals surface area contributed by atoms with Crippen LogP contribution < -0.4 is 0 Å². The van der Waals surface area contributed by atoms with E-state index in [0.29, 0.717) is 6.54 Å². The van der Waals surface area contributed by atoms with Crippen molar-refractivity contribution in [3.63, 3.8) is 0 Å². The van der Waals surface area contributed by atoms with Crippen LogP contribution in [-0.2, 0) is 27.3 Å². The molecule has 1 atom stereocenters. The molecule has 0 saturated carbocycles. The Labute approximate surface area is 153 Å². The smallest absolute Gasteiger partial charge is 0.311 e. The Kier molecular flexibility index (Phi) is 5.45. The summed E-state index contributed by atoms with van der Waals surface area (Å²) < 4.78 is 6.35. The van der Waals surface area contributed by atoms with Crippen LogP contribution in [0.25, 0.3) is 10.2 Å². The number of aromatic nitrogens is 1. The maximum Gasteiger partial charge on any atom is 0.311 e. The van der Waals surface area contributed by atoms with Crippen molar-refractivity contribution in [2.45, 2.75) is 26.0 Å². The molecule has 0 saturated heterocycles. The number of benzene rings is 1. The fourth-order valence-electron chi connectivity index (χ4n) is 2.42. The summed E-state index contributed by atoms with van der Waals surface area (Å²) in [6.45, 7) is 1.99. The van der Waals surface area contributed by atoms with Crippen LogP contribution in [0.4, 0.5) is 0 Å². The van der Waals surface area contributed by atoms with E-state index in [1.807, 2.05) is 41.8 Å². The van der Waals surface area contributed by atoms with Gasteiger partial charge in [0.15, 0.2) is 6.10 Å². The number of esters is 1. The van der Waals surface area contributed by atoms with Crippen molar-refractivity contribution in [1.82, 2.24) is 9.88 Å². The third-order valence-corrected chi connectivity index (χ3v) is 5.54. The SMILES string of the molecule is C[C@@H](OC(=O)Cc1cccs1)C(=O)N(C)Cc1nc2ccccc2s1. The highest BCUT2D eigenvalue weighted by molar-refractivity contribution is 7.18. The Morgan fingerprint density at radius 3 is 2.76 bits per heavy atom. The van der Waals surface area contributed by atoms with E-state index >= 15 is 0 Å². The van der Waals surface area contributed by atoms with E-state index in [1.165, 1.54) is 11.3 Å². The van der Waals surface area contributed by atoms with Crippen LogP contribution in [0.1, 0.15) is 16.8 Å². The summed E-state index contributed by atoms with van der Waals surface area (Å²) in [5.74, 6) is -0.629. The molecule has 2 aromatic heterocycles. The number of likely N-dealkylation sites (N-methyl/N-ethyl adjacent to an activating group) is 1. The second kappa shape index (κ2) is 7.76. The molecule has 0 aliphatic heterocycles. The lowest BCUT2D eigenvalue weighted by Crippen LogP contribution is -2.37. The van der Waals surface area contributed by atoms with E-state index in [0.717, 1.165) is 20.1 Å². The molecule has 2 heterocycles. The van der Waals surface area contributed by atoms with Gasteiger partial charge in [-0.25, -0.2) is 4.98 Å².